The van der Waals surface area contributed by atoms with Gasteiger partial charge in [-0.05, 0) is 58.9 Å². The van der Waals surface area contributed by atoms with Crippen molar-refractivity contribution >= 4 is 50.0 Å². The predicted molar refractivity (Wildman–Crippen MR) is 159 cm³/mol. The van der Waals surface area contributed by atoms with Gasteiger partial charge in [-0.15, -0.1) is 11.3 Å². The van der Waals surface area contributed by atoms with Crippen molar-refractivity contribution in [3.8, 4) is 22.9 Å². The van der Waals surface area contributed by atoms with Crippen LogP contribution in [0.2, 0.25) is 5.02 Å². The van der Waals surface area contributed by atoms with Crippen LogP contribution in [0.15, 0.2) is 40.6 Å². The maximum Gasteiger partial charge on any atom is 0.341 e. The van der Waals surface area contributed by atoms with E-state index in [0.717, 1.165) is 16.5 Å². The van der Waals surface area contributed by atoms with Crippen molar-refractivity contribution in [3.05, 3.63) is 79.8 Å². The Labute approximate surface area is 249 Å². The van der Waals surface area contributed by atoms with Crippen LogP contribution in [0, 0.1) is 31.1 Å². The van der Waals surface area contributed by atoms with Crippen molar-refractivity contribution in [1.82, 2.24) is 19.5 Å². The highest BCUT2D eigenvalue weighted by atomic mass is 35.5. The van der Waals surface area contributed by atoms with Crippen molar-refractivity contribution in [2.24, 2.45) is 0 Å². The van der Waals surface area contributed by atoms with Crippen molar-refractivity contribution in [2.75, 3.05) is 6.61 Å². The smallest absolute Gasteiger partial charge is 0.341 e. The summed E-state index contributed by atoms with van der Waals surface area (Å²) in [5.74, 6) is -0.630. The summed E-state index contributed by atoms with van der Waals surface area (Å²) in [6.45, 7) is 8.96. The Kier molecular flexibility index (Phi) is 7.70. The highest BCUT2D eigenvalue weighted by molar-refractivity contribution is 7.18. The van der Waals surface area contributed by atoms with Crippen LogP contribution in [-0.4, -0.2) is 37.7 Å². The van der Waals surface area contributed by atoms with E-state index in [9.17, 15) is 19.2 Å². The van der Waals surface area contributed by atoms with Gasteiger partial charge >= 0.3 is 5.97 Å². The highest BCUT2D eigenvalue weighted by Gasteiger charge is 2.24. The van der Waals surface area contributed by atoms with E-state index < -0.39 is 23.1 Å². The van der Waals surface area contributed by atoms with E-state index in [1.54, 1.807) is 51.3 Å². The zero-order valence-corrected chi connectivity index (χ0v) is 25.0. The molecule has 1 aromatic carbocycles. The standard InChI is InChI=1S/C30H25ClFN5O4S/c1-15-10-20(26-24(35-15)21(14-42-26)29(39)41-30(3,4)5)19-11-18(31)6-7-22(19)40-9-8-37-16(2)36-25-23(28(37)38)17(12-33)13-34-27(25)32/h6-7,10-11,13-14H,8-9H2,1-5H3. The number of carbonyl (C=O) groups is 1. The molecule has 5 aromatic rings. The number of fused-ring (bicyclic) bond motifs is 2. The van der Waals surface area contributed by atoms with Gasteiger partial charge in [-0.25, -0.2) is 14.8 Å². The quantitative estimate of drug-likeness (QED) is 0.161. The number of hydrogen-bond donors (Lipinski definition) is 0. The Morgan fingerprint density at radius 3 is 2.64 bits per heavy atom. The minimum Gasteiger partial charge on any atom is -0.491 e. The fourth-order valence-electron chi connectivity index (χ4n) is 4.55. The van der Waals surface area contributed by atoms with Gasteiger partial charge < -0.3 is 9.47 Å². The molecule has 5 rings (SSSR count). The van der Waals surface area contributed by atoms with Crippen molar-refractivity contribution in [1.29, 1.82) is 5.26 Å². The van der Waals surface area contributed by atoms with Gasteiger partial charge in [0.05, 0.1) is 33.3 Å². The van der Waals surface area contributed by atoms with Gasteiger partial charge in [-0.1, -0.05) is 11.6 Å². The number of halogens is 2. The zero-order chi connectivity index (χ0) is 30.3. The summed E-state index contributed by atoms with van der Waals surface area (Å²) in [6, 6.07) is 8.95. The van der Waals surface area contributed by atoms with Crippen LogP contribution in [0.1, 0.15) is 48.2 Å². The van der Waals surface area contributed by atoms with Crippen molar-refractivity contribution in [2.45, 2.75) is 46.8 Å². The number of nitrogens with zero attached hydrogens (tertiary/aromatic N) is 5. The van der Waals surface area contributed by atoms with E-state index in [4.69, 9.17) is 21.1 Å². The Hall–Kier alpha value is -4.40. The van der Waals surface area contributed by atoms with E-state index in [1.807, 2.05) is 19.1 Å². The molecule has 42 heavy (non-hydrogen) atoms. The summed E-state index contributed by atoms with van der Waals surface area (Å²) < 4.78 is 28.1. The van der Waals surface area contributed by atoms with Gasteiger partial charge in [0.1, 0.15) is 35.4 Å². The van der Waals surface area contributed by atoms with E-state index in [1.165, 1.54) is 15.9 Å². The third-order valence-corrected chi connectivity index (χ3v) is 7.56. The number of esters is 1. The second-order valence-corrected chi connectivity index (χ2v) is 11.9. The van der Waals surface area contributed by atoms with Crippen LogP contribution in [0.4, 0.5) is 4.39 Å². The summed E-state index contributed by atoms with van der Waals surface area (Å²) in [7, 11) is 0. The SMILES string of the molecule is Cc1cc(-c2cc(Cl)ccc2OCCn2c(C)nc3c(F)ncc(C#N)c3c2=O)c2scc(C(=O)OC(C)(C)C)c2n1. The lowest BCUT2D eigenvalue weighted by molar-refractivity contribution is 0.00721. The van der Waals surface area contributed by atoms with Gasteiger partial charge in [-0.3, -0.25) is 14.3 Å². The molecule has 0 fully saturated rings. The van der Waals surface area contributed by atoms with Gasteiger partial charge in [0.15, 0.2) is 0 Å². The Balaban J connectivity index is 1.50. The molecular weight excluding hydrogens is 581 g/mol. The van der Waals surface area contributed by atoms with Gasteiger partial charge in [-0.2, -0.15) is 9.65 Å². The minimum atomic E-state index is -0.916. The average molecular weight is 606 g/mol. The molecule has 12 heteroatoms. The van der Waals surface area contributed by atoms with Crippen LogP contribution in [0.25, 0.3) is 32.2 Å². The first-order chi connectivity index (χ1) is 19.9. The topological polar surface area (TPSA) is 120 Å². The molecule has 0 saturated carbocycles. The number of pyridine rings is 2. The number of aryl methyl sites for hydroxylation is 2. The van der Waals surface area contributed by atoms with Crippen LogP contribution in [0.3, 0.4) is 0 Å². The summed E-state index contributed by atoms with van der Waals surface area (Å²) in [5, 5.41) is 11.5. The van der Waals surface area contributed by atoms with E-state index in [2.05, 4.69) is 15.0 Å². The minimum absolute atomic E-state index is 0.0544. The average Bonchev–Trinajstić information content (AvgIpc) is 3.34. The normalized spacial score (nSPS) is 11.6. The summed E-state index contributed by atoms with van der Waals surface area (Å²) in [4.78, 5) is 38.5. The molecule has 0 bridgehead atoms. The number of nitriles is 1. The lowest BCUT2D eigenvalue weighted by atomic mass is 10.0. The molecule has 0 spiro atoms. The third-order valence-electron chi connectivity index (χ3n) is 6.33. The first-order valence-electron chi connectivity index (χ1n) is 12.9. The van der Waals surface area contributed by atoms with Gasteiger partial charge in [0.2, 0.25) is 5.95 Å². The lowest BCUT2D eigenvalue weighted by Gasteiger charge is -2.19. The van der Waals surface area contributed by atoms with E-state index >= 15 is 0 Å². The van der Waals surface area contributed by atoms with Crippen molar-refractivity contribution < 1.29 is 18.7 Å². The number of rotatable bonds is 6. The molecule has 0 atom stereocenters. The number of benzene rings is 1. The Bertz CT molecular complexity index is 1990. The zero-order valence-electron chi connectivity index (χ0n) is 23.4. The van der Waals surface area contributed by atoms with Gasteiger partial charge in [0, 0.05) is 33.4 Å². The van der Waals surface area contributed by atoms with Crippen LogP contribution < -0.4 is 10.3 Å². The monoisotopic (exact) mass is 605 g/mol. The largest absolute Gasteiger partial charge is 0.491 e. The summed E-state index contributed by atoms with van der Waals surface area (Å²) >= 11 is 7.76. The van der Waals surface area contributed by atoms with E-state index in [0.29, 0.717) is 33.1 Å². The first kappa shape index (κ1) is 29.1. The molecule has 0 saturated heterocycles. The summed E-state index contributed by atoms with van der Waals surface area (Å²) in [5.41, 5.74) is 1.52. The van der Waals surface area contributed by atoms with Crippen molar-refractivity contribution in [3.63, 3.8) is 0 Å². The second kappa shape index (κ2) is 11.1. The van der Waals surface area contributed by atoms with Crippen LogP contribution in [-0.2, 0) is 11.3 Å². The highest BCUT2D eigenvalue weighted by Crippen LogP contribution is 2.40. The maximum atomic E-state index is 14.3. The first-order valence-corrected chi connectivity index (χ1v) is 14.1. The molecule has 214 valence electrons. The Morgan fingerprint density at radius 2 is 1.93 bits per heavy atom. The maximum absolute atomic E-state index is 14.3. The molecule has 0 unspecified atom stereocenters. The molecule has 0 aliphatic carbocycles. The number of ether oxygens (including phenoxy) is 2. The molecule has 0 radical (unpaired) electrons. The van der Waals surface area contributed by atoms with E-state index in [-0.39, 0.29) is 35.4 Å². The summed E-state index contributed by atoms with van der Waals surface area (Å²) in [6.07, 6.45) is 1.02. The number of carbonyl (C=O) groups excluding carboxylic acids is 1. The predicted octanol–water partition coefficient (Wildman–Crippen LogP) is 6.38. The molecule has 0 aliphatic rings. The molecule has 0 amide bonds. The third kappa shape index (κ3) is 5.55. The fraction of sp³-hybridized carbons (Fsp3) is 0.267. The number of aromatic nitrogens is 4. The number of hydrogen-bond acceptors (Lipinski definition) is 9. The molecular formula is C30H25ClFN5O4S. The molecule has 4 aromatic heterocycles. The van der Waals surface area contributed by atoms with Crippen LogP contribution >= 0.6 is 22.9 Å². The molecule has 9 nitrogen and oxygen atoms in total. The van der Waals surface area contributed by atoms with Crippen LogP contribution in [0.5, 0.6) is 5.75 Å². The molecule has 4 heterocycles. The molecule has 0 N–H and O–H groups in total. The fourth-order valence-corrected chi connectivity index (χ4v) is 5.73. The number of thiophene rings is 1. The lowest BCUT2D eigenvalue weighted by Crippen LogP contribution is -2.27. The van der Waals surface area contributed by atoms with Gasteiger partial charge in [0.25, 0.3) is 5.56 Å². The Morgan fingerprint density at radius 1 is 1.17 bits per heavy atom. The molecule has 0 aliphatic heterocycles. The second-order valence-electron chi connectivity index (χ2n) is 10.5.